The Morgan fingerprint density at radius 2 is 0.780 bits per heavy atom. The molecule has 1 atom stereocenters. The molecule has 0 amide bonds. The normalized spacial score (nSPS) is 12.9. The zero-order valence-electron chi connectivity index (χ0n) is 38.0. The summed E-state index contributed by atoms with van der Waals surface area (Å²) in [7, 11) is 0. The molecule has 1 unspecified atom stereocenters. The van der Waals surface area contributed by atoms with E-state index in [1.807, 2.05) is 6.08 Å². The van der Waals surface area contributed by atoms with E-state index in [-0.39, 0.29) is 38.0 Å². The first-order valence-corrected chi connectivity index (χ1v) is 23.8. The molecule has 0 heterocycles. The van der Waals surface area contributed by atoms with Crippen molar-refractivity contribution in [3.05, 3.63) is 97.2 Å². The Bertz CT molecular complexity index is 1220. The van der Waals surface area contributed by atoms with Gasteiger partial charge < -0.3 is 14.2 Å². The molecule has 0 spiro atoms. The van der Waals surface area contributed by atoms with Crippen molar-refractivity contribution < 1.29 is 28.6 Å². The van der Waals surface area contributed by atoms with Gasteiger partial charge in [0.15, 0.2) is 6.10 Å². The summed E-state index contributed by atoms with van der Waals surface area (Å²) in [6.45, 7) is 6.25. The number of hydrogen-bond donors (Lipinski definition) is 0. The smallest absolute Gasteiger partial charge is 0.309 e. The van der Waals surface area contributed by atoms with E-state index in [9.17, 15) is 14.4 Å². The highest BCUT2D eigenvalue weighted by Crippen LogP contribution is 2.12. The molecule has 0 aliphatic carbocycles. The van der Waals surface area contributed by atoms with Crippen LogP contribution in [0.1, 0.15) is 201 Å². The lowest BCUT2D eigenvalue weighted by Crippen LogP contribution is -2.30. The van der Waals surface area contributed by atoms with Gasteiger partial charge in [0.2, 0.25) is 0 Å². The topological polar surface area (TPSA) is 78.9 Å². The van der Waals surface area contributed by atoms with Gasteiger partial charge in [-0.15, -0.1) is 0 Å². The maximum absolute atomic E-state index is 12.7. The van der Waals surface area contributed by atoms with Gasteiger partial charge in [-0.05, 0) is 89.9 Å². The number of rotatable bonds is 41. The standard InChI is InChI=1S/C53H86O6/c1-4-7-10-13-16-19-21-23-25-26-27-28-30-31-34-37-40-43-46-52(55)58-49-50(48-57-51(54)45-42-39-36-33-18-15-12-9-6-3)59-53(56)47-44-41-38-35-32-29-24-22-20-17-14-11-8-5-2/h8-9,11-12,17-18,20,24-29,33,39,42,50H,4-7,10,13-16,19,21-23,30-32,34-38,40-41,43-49H2,1-3H3/b11-8-,12-9-,20-17-,26-25-,28-27-,29-24-,33-18-,42-39-. The van der Waals surface area contributed by atoms with Gasteiger partial charge in [-0.1, -0.05) is 189 Å². The van der Waals surface area contributed by atoms with Crippen molar-refractivity contribution in [2.75, 3.05) is 13.2 Å². The number of hydrogen-bond acceptors (Lipinski definition) is 6. The molecular formula is C53H86O6. The second-order valence-corrected chi connectivity index (χ2v) is 15.3. The molecule has 0 rings (SSSR count). The summed E-state index contributed by atoms with van der Waals surface area (Å²) in [6.07, 6.45) is 61.4. The van der Waals surface area contributed by atoms with Crippen LogP contribution < -0.4 is 0 Å². The van der Waals surface area contributed by atoms with E-state index in [0.29, 0.717) is 6.42 Å². The minimum Gasteiger partial charge on any atom is -0.462 e. The Labute approximate surface area is 362 Å². The molecule has 0 bridgehead atoms. The van der Waals surface area contributed by atoms with Crippen LogP contribution in [0.5, 0.6) is 0 Å². The maximum atomic E-state index is 12.7. The Morgan fingerprint density at radius 1 is 0.390 bits per heavy atom. The lowest BCUT2D eigenvalue weighted by atomic mass is 10.1. The Hall–Kier alpha value is -3.67. The van der Waals surface area contributed by atoms with Crippen molar-refractivity contribution in [2.24, 2.45) is 0 Å². The first-order valence-electron chi connectivity index (χ1n) is 23.8. The largest absolute Gasteiger partial charge is 0.462 e. The monoisotopic (exact) mass is 819 g/mol. The van der Waals surface area contributed by atoms with E-state index in [0.717, 1.165) is 109 Å². The number of ether oxygens (including phenoxy) is 3. The van der Waals surface area contributed by atoms with Crippen LogP contribution in [0.3, 0.4) is 0 Å². The lowest BCUT2D eigenvalue weighted by molar-refractivity contribution is -0.166. The molecular weight excluding hydrogens is 733 g/mol. The van der Waals surface area contributed by atoms with Crippen molar-refractivity contribution in [1.82, 2.24) is 0 Å². The SMILES string of the molecule is CC/C=C\C/C=C\C/C=C\CCCCCCC(=O)OC(COC(=O)C/C=C\C/C=C\C/C=C\CC)COC(=O)CCCCCCC/C=C\C=C/CCCCCCCCC. The second kappa shape index (κ2) is 47.0. The Morgan fingerprint density at radius 3 is 1.29 bits per heavy atom. The van der Waals surface area contributed by atoms with Crippen LogP contribution in [-0.2, 0) is 28.6 Å². The van der Waals surface area contributed by atoms with E-state index in [1.165, 1.54) is 51.4 Å². The molecule has 0 aliphatic heterocycles. The third-order valence-electron chi connectivity index (χ3n) is 9.61. The van der Waals surface area contributed by atoms with Gasteiger partial charge in [0, 0.05) is 12.8 Å². The van der Waals surface area contributed by atoms with Gasteiger partial charge in [-0.3, -0.25) is 14.4 Å². The summed E-state index contributed by atoms with van der Waals surface area (Å²) >= 11 is 0. The van der Waals surface area contributed by atoms with Crippen molar-refractivity contribution >= 4 is 17.9 Å². The summed E-state index contributed by atoms with van der Waals surface area (Å²) in [6, 6.07) is 0. The average Bonchev–Trinajstić information content (AvgIpc) is 3.23. The number of esters is 3. The summed E-state index contributed by atoms with van der Waals surface area (Å²) in [4.78, 5) is 37.7. The molecule has 0 aromatic carbocycles. The van der Waals surface area contributed by atoms with Crippen molar-refractivity contribution in [2.45, 2.75) is 207 Å². The summed E-state index contributed by atoms with van der Waals surface area (Å²) in [5.41, 5.74) is 0. The molecule has 0 aromatic heterocycles. The van der Waals surface area contributed by atoms with Crippen molar-refractivity contribution in [3.8, 4) is 0 Å². The summed E-state index contributed by atoms with van der Waals surface area (Å²) in [5, 5.41) is 0. The maximum Gasteiger partial charge on any atom is 0.309 e. The second-order valence-electron chi connectivity index (χ2n) is 15.3. The minimum atomic E-state index is -0.830. The highest BCUT2D eigenvalue weighted by atomic mass is 16.6. The summed E-state index contributed by atoms with van der Waals surface area (Å²) in [5.74, 6) is -1.10. The predicted octanol–water partition coefficient (Wildman–Crippen LogP) is 15.4. The van der Waals surface area contributed by atoms with Gasteiger partial charge in [0.05, 0.1) is 6.42 Å². The molecule has 0 saturated carbocycles. The van der Waals surface area contributed by atoms with E-state index in [1.54, 1.807) is 6.08 Å². The van der Waals surface area contributed by atoms with E-state index < -0.39 is 12.1 Å². The fourth-order valence-corrected chi connectivity index (χ4v) is 6.09. The number of allylic oxidation sites excluding steroid dienone is 15. The van der Waals surface area contributed by atoms with Crippen LogP contribution in [0.4, 0.5) is 0 Å². The molecule has 0 saturated heterocycles. The van der Waals surface area contributed by atoms with Crippen molar-refractivity contribution in [3.63, 3.8) is 0 Å². The predicted molar refractivity (Wildman–Crippen MR) is 251 cm³/mol. The van der Waals surface area contributed by atoms with Crippen LogP contribution in [-0.4, -0.2) is 37.2 Å². The van der Waals surface area contributed by atoms with Crippen LogP contribution in [0.25, 0.3) is 0 Å². The molecule has 0 N–H and O–H groups in total. The highest BCUT2D eigenvalue weighted by Gasteiger charge is 2.19. The number of carbonyl (C=O) groups excluding carboxylic acids is 3. The fourth-order valence-electron chi connectivity index (χ4n) is 6.09. The van der Waals surface area contributed by atoms with Crippen LogP contribution in [0, 0.1) is 0 Å². The zero-order valence-corrected chi connectivity index (χ0v) is 38.0. The molecule has 0 aliphatic rings. The van der Waals surface area contributed by atoms with Gasteiger partial charge >= 0.3 is 17.9 Å². The van der Waals surface area contributed by atoms with Crippen LogP contribution in [0.2, 0.25) is 0 Å². The number of unbranched alkanes of at least 4 members (excludes halogenated alkanes) is 16. The molecule has 0 aromatic rings. The van der Waals surface area contributed by atoms with Crippen LogP contribution in [0.15, 0.2) is 97.2 Å². The van der Waals surface area contributed by atoms with Gasteiger partial charge in [-0.2, -0.15) is 0 Å². The highest BCUT2D eigenvalue weighted by molar-refractivity contribution is 5.72. The molecule has 59 heavy (non-hydrogen) atoms. The quantitative estimate of drug-likeness (QED) is 0.0201. The van der Waals surface area contributed by atoms with Gasteiger partial charge in [-0.25, -0.2) is 0 Å². The molecule has 334 valence electrons. The van der Waals surface area contributed by atoms with E-state index in [2.05, 4.69) is 106 Å². The molecule has 0 radical (unpaired) electrons. The zero-order chi connectivity index (χ0) is 43.0. The first kappa shape index (κ1) is 55.3. The summed E-state index contributed by atoms with van der Waals surface area (Å²) < 4.78 is 16.6. The molecule has 6 nitrogen and oxygen atoms in total. The van der Waals surface area contributed by atoms with Crippen molar-refractivity contribution in [1.29, 1.82) is 0 Å². The third-order valence-corrected chi connectivity index (χ3v) is 9.61. The number of carbonyl (C=O) groups is 3. The van der Waals surface area contributed by atoms with Crippen LogP contribution >= 0.6 is 0 Å². The molecule has 0 fully saturated rings. The van der Waals surface area contributed by atoms with E-state index >= 15 is 0 Å². The Balaban J connectivity index is 4.46. The minimum absolute atomic E-state index is 0.123. The van der Waals surface area contributed by atoms with Gasteiger partial charge in [0.25, 0.3) is 0 Å². The third kappa shape index (κ3) is 45.3. The first-order chi connectivity index (χ1) is 29.0. The lowest BCUT2D eigenvalue weighted by Gasteiger charge is -2.18. The fraction of sp³-hybridized carbons (Fsp3) is 0.642. The van der Waals surface area contributed by atoms with E-state index in [4.69, 9.17) is 14.2 Å². The Kier molecular flexibility index (Phi) is 44.1. The van der Waals surface area contributed by atoms with Gasteiger partial charge in [0.1, 0.15) is 13.2 Å². The average molecular weight is 819 g/mol. The molecule has 6 heteroatoms.